The fraction of sp³-hybridized carbons (Fsp3) is 0.250. The summed E-state index contributed by atoms with van der Waals surface area (Å²) in [6.07, 6.45) is 2.10. The van der Waals surface area contributed by atoms with E-state index in [1.807, 2.05) is 6.08 Å². The molecule has 0 bridgehead atoms. The van der Waals surface area contributed by atoms with E-state index in [1.54, 1.807) is 54.6 Å². The molecule has 11 nitrogen and oxygen atoms in total. The van der Waals surface area contributed by atoms with Gasteiger partial charge in [-0.05, 0) is 84.4 Å². The maximum absolute atomic E-state index is 15.3. The van der Waals surface area contributed by atoms with Crippen molar-refractivity contribution < 1.29 is 43.5 Å². The average Bonchev–Trinajstić information content (AvgIpc) is 3.56. The van der Waals surface area contributed by atoms with Crippen LogP contribution >= 0.6 is 11.6 Å². The van der Waals surface area contributed by atoms with Crippen LogP contribution in [0, 0.1) is 29.5 Å². The Labute approximate surface area is 314 Å². The molecule has 1 saturated carbocycles. The Balaban J connectivity index is 1.32. The summed E-state index contributed by atoms with van der Waals surface area (Å²) in [6, 6.07) is 25.0. The first kappa shape index (κ1) is 35.7. The van der Waals surface area contributed by atoms with Gasteiger partial charge in [0.1, 0.15) is 18.2 Å². The number of hydrogen-bond donors (Lipinski definition) is 4. The molecule has 2 saturated heterocycles. The van der Waals surface area contributed by atoms with Gasteiger partial charge in [0.15, 0.2) is 0 Å². The molecular weight excluding hydrogens is 716 g/mol. The van der Waals surface area contributed by atoms with Gasteiger partial charge in [0.2, 0.25) is 11.8 Å². The number of hydrazine groups is 1. The van der Waals surface area contributed by atoms with Gasteiger partial charge in [-0.25, -0.2) is 4.39 Å². The highest BCUT2D eigenvalue weighted by Crippen LogP contribution is 2.65. The Morgan fingerprint density at radius 1 is 0.889 bits per heavy atom. The van der Waals surface area contributed by atoms with Crippen LogP contribution in [0.2, 0.25) is 5.02 Å². The minimum atomic E-state index is -1.82. The molecule has 6 atom stereocenters. The van der Waals surface area contributed by atoms with Crippen LogP contribution in [0.25, 0.3) is 0 Å². The zero-order valence-electron chi connectivity index (χ0n) is 28.6. The van der Waals surface area contributed by atoms with Gasteiger partial charge < -0.3 is 19.9 Å². The number of para-hydroxylation sites is 1. The molecule has 4 aromatic carbocycles. The average molecular weight is 750 g/mol. The smallest absolute Gasteiger partial charge is 0.488 e. The van der Waals surface area contributed by atoms with Crippen LogP contribution in [-0.4, -0.2) is 64.1 Å². The van der Waals surface area contributed by atoms with Gasteiger partial charge in [0.05, 0.1) is 41.2 Å². The van der Waals surface area contributed by atoms with E-state index in [9.17, 15) is 33.9 Å². The maximum Gasteiger partial charge on any atom is 0.488 e. The van der Waals surface area contributed by atoms with Crippen LogP contribution in [0.5, 0.6) is 5.75 Å². The number of fused-ring (bicyclic) bond motifs is 4. The number of imide groups is 2. The van der Waals surface area contributed by atoms with Crippen molar-refractivity contribution in [2.24, 2.45) is 23.7 Å². The van der Waals surface area contributed by atoms with E-state index >= 15 is 4.79 Å². The Morgan fingerprint density at radius 3 is 2.35 bits per heavy atom. The van der Waals surface area contributed by atoms with Gasteiger partial charge >= 0.3 is 7.12 Å². The number of halogens is 2. The second kappa shape index (κ2) is 13.8. The highest BCUT2D eigenvalue weighted by Gasteiger charge is 2.70. The fourth-order valence-corrected chi connectivity index (χ4v) is 9.21. The first-order chi connectivity index (χ1) is 26.1. The second-order valence-corrected chi connectivity index (χ2v) is 14.4. The summed E-state index contributed by atoms with van der Waals surface area (Å²) >= 11 is 6.37. The second-order valence-electron chi connectivity index (χ2n) is 14.0. The monoisotopic (exact) mass is 749 g/mol. The number of carbonyl (C=O) groups is 4. The number of hydrogen-bond acceptors (Lipinski definition) is 9. The van der Waals surface area contributed by atoms with Crippen LogP contribution in [0.3, 0.4) is 0 Å². The normalized spacial score (nSPS) is 25.9. The summed E-state index contributed by atoms with van der Waals surface area (Å²) in [5.41, 5.74) is 3.64. The molecule has 4 amide bonds. The highest BCUT2D eigenvalue weighted by molar-refractivity contribution is 6.58. The lowest BCUT2D eigenvalue weighted by molar-refractivity contribution is -0.138. The van der Waals surface area contributed by atoms with Crippen LogP contribution < -0.4 is 20.5 Å². The summed E-state index contributed by atoms with van der Waals surface area (Å²) in [5, 5.41) is 30.8. The largest absolute Gasteiger partial charge is 0.491 e. The number of allylic oxidation sites excluding steroid dienone is 2. The molecule has 274 valence electrons. The Bertz CT molecular complexity index is 2200. The fourth-order valence-electron chi connectivity index (χ4n) is 9.08. The van der Waals surface area contributed by atoms with E-state index in [-0.39, 0.29) is 37.2 Å². The molecule has 2 heterocycles. The van der Waals surface area contributed by atoms with E-state index in [4.69, 9.17) is 16.3 Å². The molecule has 0 spiro atoms. The van der Waals surface area contributed by atoms with E-state index in [2.05, 4.69) is 5.43 Å². The molecule has 14 heteroatoms. The quantitative estimate of drug-likeness (QED) is 0.114. The molecular formula is C40H34BClFN3O8. The van der Waals surface area contributed by atoms with Crippen LogP contribution in [0.4, 0.5) is 15.8 Å². The molecule has 8 rings (SSSR count). The predicted octanol–water partition coefficient (Wildman–Crippen LogP) is 3.72. The van der Waals surface area contributed by atoms with E-state index in [0.717, 1.165) is 9.91 Å². The zero-order valence-corrected chi connectivity index (χ0v) is 29.4. The van der Waals surface area contributed by atoms with Crippen molar-refractivity contribution in [2.45, 2.75) is 24.2 Å². The molecule has 4 aliphatic rings. The number of nitrogens with zero attached hydrogens (tertiary/aromatic N) is 2. The van der Waals surface area contributed by atoms with Gasteiger partial charge in [-0.1, -0.05) is 65.7 Å². The minimum Gasteiger partial charge on any atom is -0.491 e. The van der Waals surface area contributed by atoms with Gasteiger partial charge in [-0.15, -0.1) is 0 Å². The number of rotatable bonds is 9. The van der Waals surface area contributed by atoms with Crippen molar-refractivity contribution >= 4 is 59.2 Å². The first-order valence-corrected chi connectivity index (χ1v) is 18.0. The molecule has 0 radical (unpaired) electrons. The Kier molecular flexibility index (Phi) is 9.13. The number of aliphatic hydroxyl groups is 1. The summed E-state index contributed by atoms with van der Waals surface area (Å²) in [4.78, 5) is 59.9. The molecule has 54 heavy (non-hydrogen) atoms. The van der Waals surface area contributed by atoms with Crippen molar-refractivity contribution in [3.05, 3.63) is 131 Å². The van der Waals surface area contributed by atoms with Crippen molar-refractivity contribution in [3.8, 4) is 5.75 Å². The lowest BCUT2D eigenvalue weighted by atomic mass is 9.49. The number of ether oxygens (including phenoxy) is 1. The standard InChI is InChI=1S/C40H34BClFN3O8/c42-24-10-8-22(9-11-24)40-32(37(49)46(39(40)51)44-26-14-12-25(43)13-15-26)21-31-28(35(40)29-6-1-2-7-33(29)54-19-18-47)16-17-30-34(31)38(50)45(36(30)48)27-5-3-4-23(20-27)41(52)53/h1-16,20,30-32,34-35,44,47,52-53H,17-19,21H2. The van der Waals surface area contributed by atoms with Gasteiger partial charge in [0.25, 0.3) is 11.8 Å². The topological polar surface area (TPSA) is 157 Å². The van der Waals surface area contributed by atoms with Crippen molar-refractivity contribution in [3.63, 3.8) is 0 Å². The molecule has 6 unspecified atom stereocenters. The van der Waals surface area contributed by atoms with Crippen LogP contribution in [0.1, 0.15) is 29.9 Å². The molecule has 2 aliphatic carbocycles. The number of benzene rings is 4. The van der Waals surface area contributed by atoms with E-state index < -0.39 is 71.6 Å². The molecule has 2 aliphatic heterocycles. The molecule has 0 aromatic heterocycles. The van der Waals surface area contributed by atoms with Crippen molar-refractivity contribution in [1.29, 1.82) is 0 Å². The van der Waals surface area contributed by atoms with Crippen molar-refractivity contribution in [2.75, 3.05) is 23.5 Å². The summed E-state index contributed by atoms with van der Waals surface area (Å²) in [7, 11) is -1.82. The minimum absolute atomic E-state index is 0.0280. The number of nitrogens with one attached hydrogen (secondary N) is 1. The molecule has 4 N–H and O–H groups in total. The Hall–Kier alpha value is -5.34. The van der Waals surface area contributed by atoms with Gasteiger partial charge in [0, 0.05) is 16.5 Å². The third-order valence-corrected chi connectivity index (χ3v) is 11.5. The number of amides is 4. The zero-order chi connectivity index (χ0) is 37.9. The predicted molar refractivity (Wildman–Crippen MR) is 197 cm³/mol. The summed E-state index contributed by atoms with van der Waals surface area (Å²) in [5.74, 6) is -6.56. The lowest BCUT2D eigenvalue weighted by Gasteiger charge is -2.50. The first-order valence-electron chi connectivity index (χ1n) is 17.6. The van der Waals surface area contributed by atoms with Gasteiger partial charge in [-0.3, -0.25) is 29.5 Å². The van der Waals surface area contributed by atoms with Gasteiger partial charge in [-0.2, -0.15) is 5.01 Å². The van der Waals surface area contributed by atoms with Crippen LogP contribution in [0.15, 0.2) is 109 Å². The number of anilines is 2. The number of aliphatic hydroxyl groups excluding tert-OH is 1. The third kappa shape index (κ3) is 5.53. The Morgan fingerprint density at radius 2 is 1.63 bits per heavy atom. The number of carbonyl (C=O) groups excluding carboxylic acids is 4. The van der Waals surface area contributed by atoms with E-state index in [0.29, 0.717) is 33.2 Å². The SMILES string of the molecule is O=C1C2CC3C(=CCC4C(=O)N(c5cccc(B(O)O)c5)C(=O)C43)C(c3ccccc3OCCO)C2(c2ccc(Cl)cc2)C(=O)N1Nc1ccc(F)cc1. The lowest BCUT2D eigenvalue weighted by Crippen LogP contribution is -2.53. The molecule has 4 aromatic rings. The van der Waals surface area contributed by atoms with E-state index in [1.165, 1.54) is 42.5 Å². The van der Waals surface area contributed by atoms with Crippen LogP contribution in [-0.2, 0) is 24.6 Å². The van der Waals surface area contributed by atoms with Crippen molar-refractivity contribution in [1.82, 2.24) is 5.01 Å². The highest BCUT2D eigenvalue weighted by atomic mass is 35.5. The summed E-state index contributed by atoms with van der Waals surface area (Å²) < 4.78 is 20.0. The summed E-state index contributed by atoms with van der Waals surface area (Å²) in [6.45, 7) is -0.338. The third-order valence-electron chi connectivity index (χ3n) is 11.3. The maximum atomic E-state index is 15.3. The molecule has 3 fully saturated rings.